The Hall–Kier alpha value is -1.97. The molecule has 0 heterocycles. The van der Waals surface area contributed by atoms with Crippen molar-refractivity contribution in [3.05, 3.63) is 75.1 Å². The van der Waals surface area contributed by atoms with Crippen LogP contribution in [-0.2, 0) is 11.3 Å². The second-order valence-electron chi connectivity index (χ2n) is 6.87. The van der Waals surface area contributed by atoms with Crippen LogP contribution in [0.5, 0.6) is 5.75 Å². The van der Waals surface area contributed by atoms with Crippen molar-refractivity contribution in [1.82, 2.24) is 10.6 Å². The number of aliphatic hydroxyl groups is 1. The first-order valence-electron chi connectivity index (χ1n) is 9.54. The lowest BCUT2D eigenvalue weighted by Crippen LogP contribution is -2.51. The van der Waals surface area contributed by atoms with E-state index in [1.165, 1.54) is 12.1 Å². The standard InChI is InChI=1S/C22H24FIN2O3/c1-2-25-22(28)15-11-18(26-13-14-7-9-16(23)10-8-14)21(27)20(12-15)29-19-6-4-3-5-17(19)24/h3-10,12,18,20-21,26-27H,2,11,13H2,1H3,(H,25,28)/t18-,20+,21+/m1/s1. The van der Waals surface area contributed by atoms with Crippen LogP contribution in [0.2, 0.25) is 0 Å². The smallest absolute Gasteiger partial charge is 0.247 e. The number of aliphatic hydroxyl groups excluding tert-OH is 1. The number of halogens is 2. The van der Waals surface area contributed by atoms with Gasteiger partial charge in [-0.2, -0.15) is 0 Å². The number of amides is 1. The fourth-order valence-electron chi connectivity index (χ4n) is 3.23. The third-order valence-electron chi connectivity index (χ3n) is 4.76. The summed E-state index contributed by atoms with van der Waals surface area (Å²) < 4.78 is 20.1. The fraction of sp³-hybridized carbons (Fsp3) is 0.318. The molecule has 3 atom stereocenters. The number of carbonyl (C=O) groups is 1. The lowest BCUT2D eigenvalue weighted by atomic mass is 9.89. The van der Waals surface area contributed by atoms with Crippen LogP contribution in [0.1, 0.15) is 18.9 Å². The van der Waals surface area contributed by atoms with Gasteiger partial charge in [0.05, 0.1) is 3.57 Å². The van der Waals surface area contributed by atoms with Crippen molar-refractivity contribution >= 4 is 28.5 Å². The molecule has 1 aliphatic rings. The van der Waals surface area contributed by atoms with Crippen LogP contribution in [0.25, 0.3) is 0 Å². The Bertz CT molecular complexity index is 873. The van der Waals surface area contributed by atoms with Crippen molar-refractivity contribution in [2.24, 2.45) is 0 Å². The molecule has 0 bridgehead atoms. The summed E-state index contributed by atoms with van der Waals surface area (Å²) >= 11 is 2.17. The van der Waals surface area contributed by atoms with E-state index in [9.17, 15) is 14.3 Å². The zero-order valence-corrected chi connectivity index (χ0v) is 18.2. The number of likely N-dealkylation sites (N-methyl/N-ethyl adjacent to an activating group) is 1. The molecule has 0 saturated heterocycles. The SMILES string of the molecule is CCNC(=O)C1=C[C@H](Oc2ccccc2I)[C@@H](O)[C@H](NCc2ccc(F)cc2)C1. The highest BCUT2D eigenvalue weighted by Crippen LogP contribution is 2.27. The summed E-state index contributed by atoms with van der Waals surface area (Å²) in [6, 6.07) is 13.3. The van der Waals surface area contributed by atoms with Gasteiger partial charge >= 0.3 is 0 Å². The second kappa shape index (κ2) is 10.2. The van der Waals surface area contributed by atoms with Gasteiger partial charge in [0.2, 0.25) is 5.91 Å². The predicted octanol–water partition coefficient (Wildman–Crippen LogP) is 3.16. The lowest BCUT2D eigenvalue weighted by Gasteiger charge is -2.34. The zero-order valence-electron chi connectivity index (χ0n) is 16.1. The minimum atomic E-state index is -0.843. The van der Waals surface area contributed by atoms with Crippen molar-refractivity contribution in [3.63, 3.8) is 0 Å². The Kier molecular flexibility index (Phi) is 7.63. The first-order chi connectivity index (χ1) is 14.0. The van der Waals surface area contributed by atoms with Crippen molar-refractivity contribution in [3.8, 4) is 5.75 Å². The Labute approximate surface area is 183 Å². The maximum atomic E-state index is 13.1. The average molecular weight is 510 g/mol. The number of ether oxygens (including phenoxy) is 1. The minimum Gasteiger partial charge on any atom is -0.482 e. The third kappa shape index (κ3) is 5.77. The Morgan fingerprint density at radius 1 is 1.24 bits per heavy atom. The van der Waals surface area contributed by atoms with Gasteiger partial charge < -0.3 is 20.5 Å². The Balaban J connectivity index is 1.78. The van der Waals surface area contributed by atoms with Crippen molar-refractivity contribution in [2.75, 3.05) is 6.54 Å². The van der Waals surface area contributed by atoms with Gasteiger partial charge in [0, 0.05) is 24.7 Å². The highest BCUT2D eigenvalue weighted by Gasteiger charge is 2.35. The topological polar surface area (TPSA) is 70.6 Å². The molecule has 7 heteroatoms. The highest BCUT2D eigenvalue weighted by molar-refractivity contribution is 14.1. The Morgan fingerprint density at radius 3 is 2.66 bits per heavy atom. The van der Waals surface area contributed by atoms with E-state index < -0.39 is 12.2 Å². The molecule has 0 radical (unpaired) electrons. The number of rotatable bonds is 7. The van der Waals surface area contributed by atoms with Crippen molar-refractivity contribution in [1.29, 1.82) is 0 Å². The molecule has 3 N–H and O–H groups in total. The van der Waals surface area contributed by atoms with Gasteiger partial charge in [0.15, 0.2) is 0 Å². The quantitative estimate of drug-likeness (QED) is 0.501. The largest absolute Gasteiger partial charge is 0.482 e. The van der Waals surface area contributed by atoms with E-state index in [0.717, 1.165) is 9.13 Å². The van der Waals surface area contributed by atoms with Crippen molar-refractivity contribution in [2.45, 2.75) is 38.1 Å². The summed E-state index contributed by atoms with van der Waals surface area (Å²) in [6.07, 6.45) is 0.571. The number of hydrogen-bond donors (Lipinski definition) is 3. The molecular formula is C22H24FIN2O3. The van der Waals surface area contributed by atoms with Crippen LogP contribution < -0.4 is 15.4 Å². The molecule has 1 aliphatic carbocycles. The molecule has 154 valence electrons. The highest BCUT2D eigenvalue weighted by atomic mass is 127. The number of para-hydroxylation sites is 1. The van der Waals surface area contributed by atoms with E-state index in [-0.39, 0.29) is 17.8 Å². The van der Waals surface area contributed by atoms with Gasteiger partial charge in [-0.1, -0.05) is 24.3 Å². The van der Waals surface area contributed by atoms with Gasteiger partial charge in [-0.25, -0.2) is 4.39 Å². The van der Waals surface area contributed by atoms with Crippen LogP contribution in [0.4, 0.5) is 4.39 Å². The summed E-state index contributed by atoms with van der Waals surface area (Å²) in [5.41, 5.74) is 1.47. The molecule has 0 aromatic heterocycles. The molecule has 0 aliphatic heterocycles. The van der Waals surface area contributed by atoms with E-state index in [1.54, 1.807) is 18.2 Å². The Morgan fingerprint density at radius 2 is 1.97 bits per heavy atom. The third-order valence-corrected chi connectivity index (χ3v) is 5.66. The van der Waals surface area contributed by atoms with Gasteiger partial charge in [0.25, 0.3) is 0 Å². The van der Waals surface area contributed by atoms with Crippen LogP contribution in [0, 0.1) is 9.39 Å². The molecule has 0 spiro atoms. The van der Waals surface area contributed by atoms with Crippen LogP contribution in [-0.4, -0.2) is 35.8 Å². The van der Waals surface area contributed by atoms with E-state index >= 15 is 0 Å². The number of nitrogens with one attached hydrogen (secondary N) is 2. The molecule has 3 rings (SSSR count). The van der Waals surface area contributed by atoms with E-state index in [0.29, 0.717) is 30.8 Å². The summed E-state index contributed by atoms with van der Waals surface area (Å²) in [4.78, 5) is 12.4. The van der Waals surface area contributed by atoms with E-state index in [1.807, 2.05) is 31.2 Å². The van der Waals surface area contributed by atoms with Crippen LogP contribution in [0.15, 0.2) is 60.2 Å². The maximum absolute atomic E-state index is 13.1. The summed E-state index contributed by atoms with van der Waals surface area (Å²) in [5.74, 6) is 0.200. The number of hydrogen-bond acceptors (Lipinski definition) is 4. The normalized spacial score (nSPS) is 21.4. The fourth-order valence-corrected chi connectivity index (χ4v) is 3.74. The monoisotopic (exact) mass is 510 g/mol. The second-order valence-corrected chi connectivity index (χ2v) is 8.04. The van der Waals surface area contributed by atoms with Crippen LogP contribution in [0.3, 0.4) is 0 Å². The van der Waals surface area contributed by atoms with E-state index in [4.69, 9.17) is 4.74 Å². The molecular weight excluding hydrogens is 486 g/mol. The average Bonchev–Trinajstić information content (AvgIpc) is 2.71. The first kappa shape index (κ1) is 21.7. The van der Waals surface area contributed by atoms with Gasteiger partial charge in [0.1, 0.15) is 23.8 Å². The molecule has 2 aromatic rings. The molecule has 2 aromatic carbocycles. The summed E-state index contributed by atoms with van der Waals surface area (Å²) in [7, 11) is 0. The maximum Gasteiger partial charge on any atom is 0.247 e. The summed E-state index contributed by atoms with van der Waals surface area (Å²) in [6.45, 7) is 2.83. The van der Waals surface area contributed by atoms with Crippen molar-refractivity contribution < 1.29 is 19.0 Å². The zero-order chi connectivity index (χ0) is 20.8. The van der Waals surface area contributed by atoms with Gasteiger partial charge in [-0.05, 0) is 71.8 Å². The molecule has 5 nitrogen and oxygen atoms in total. The van der Waals surface area contributed by atoms with Gasteiger partial charge in [-0.3, -0.25) is 4.79 Å². The molecule has 0 unspecified atom stereocenters. The molecule has 0 saturated carbocycles. The lowest BCUT2D eigenvalue weighted by molar-refractivity contribution is -0.118. The van der Waals surface area contributed by atoms with E-state index in [2.05, 4.69) is 33.2 Å². The number of benzene rings is 2. The molecule has 1 amide bonds. The molecule has 29 heavy (non-hydrogen) atoms. The minimum absolute atomic E-state index is 0.163. The van der Waals surface area contributed by atoms with Gasteiger partial charge in [-0.15, -0.1) is 0 Å². The summed E-state index contributed by atoms with van der Waals surface area (Å²) in [5, 5.41) is 17.0. The molecule has 0 fully saturated rings. The number of carbonyl (C=O) groups excluding carboxylic acids is 1. The van der Waals surface area contributed by atoms with Crippen LogP contribution >= 0.6 is 22.6 Å². The predicted molar refractivity (Wildman–Crippen MR) is 118 cm³/mol. The first-order valence-corrected chi connectivity index (χ1v) is 10.6.